The predicted molar refractivity (Wildman–Crippen MR) is 107 cm³/mol. The molecule has 0 fully saturated rings. The average molecular weight is 365 g/mol. The number of rotatable bonds is 3. The molecule has 142 valence electrons. The van der Waals surface area contributed by atoms with Crippen molar-refractivity contribution in [1.29, 1.82) is 5.26 Å². The highest BCUT2D eigenvalue weighted by Crippen LogP contribution is 2.43. The van der Waals surface area contributed by atoms with E-state index in [-0.39, 0.29) is 17.0 Å². The number of aryl methyl sites for hydroxylation is 1. The van der Waals surface area contributed by atoms with Gasteiger partial charge in [-0.05, 0) is 60.8 Å². The molecule has 5 nitrogen and oxygen atoms in total. The molecule has 1 heterocycles. The lowest BCUT2D eigenvalue weighted by Gasteiger charge is -2.35. The highest BCUT2D eigenvalue weighted by Gasteiger charge is 2.32. The quantitative estimate of drug-likeness (QED) is 0.838. The van der Waals surface area contributed by atoms with Gasteiger partial charge in [0.25, 0.3) is 0 Å². The molecule has 1 atom stereocenters. The molecule has 1 aliphatic carbocycles. The maximum atomic E-state index is 10.1. The molecule has 5 heteroatoms. The number of aromatic nitrogens is 1. The number of hydrogen-bond donors (Lipinski definition) is 2. The third kappa shape index (κ3) is 3.57. The van der Waals surface area contributed by atoms with Gasteiger partial charge >= 0.3 is 0 Å². The van der Waals surface area contributed by atoms with Crippen molar-refractivity contribution in [2.75, 3.05) is 12.3 Å². The molecule has 3 N–H and O–H groups in total. The molecule has 0 aliphatic heterocycles. The zero-order chi connectivity index (χ0) is 19.8. The Morgan fingerprint density at radius 3 is 2.74 bits per heavy atom. The van der Waals surface area contributed by atoms with Gasteiger partial charge in [-0.15, -0.1) is 0 Å². The molecular weight excluding hydrogens is 338 g/mol. The summed E-state index contributed by atoms with van der Waals surface area (Å²) in [7, 11) is 0. The van der Waals surface area contributed by atoms with E-state index in [9.17, 15) is 10.4 Å². The summed E-state index contributed by atoms with van der Waals surface area (Å²) >= 11 is 0. The molecular formula is C22H27N3O2. The number of nitriles is 1. The van der Waals surface area contributed by atoms with Gasteiger partial charge in [-0.2, -0.15) is 5.26 Å². The minimum absolute atomic E-state index is 0.0857. The van der Waals surface area contributed by atoms with E-state index < -0.39 is 0 Å². The van der Waals surface area contributed by atoms with Crippen molar-refractivity contribution in [1.82, 2.24) is 4.98 Å². The first kappa shape index (κ1) is 19.0. The van der Waals surface area contributed by atoms with Gasteiger partial charge in [0, 0.05) is 11.3 Å². The Labute approximate surface area is 160 Å². The summed E-state index contributed by atoms with van der Waals surface area (Å²) in [6.45, 7) is 9.09. The molecule has 1 aromatic carbocycles. The second-order valence-electron chi connectivity index (χ2n) is 8.21. The van der Waals surface area contributed by atoms with Gasteiger partial charge in [0.2, 0.25) is 0 Å². The van der Waals surface area contributed by atoms with E-state index in [0.717, 1.165) is 41.6 Å². The first-order valence-corrected chi connectivity index (χ1v) is 9.43. The molecule has 3 rings (SSSR count). The number of pyridine rings is 1. The zero-order valence-corrected chi connectivity index (χ0v) is 16.5. The number of benzene rings is 1. The molecule has 1 aliphatic rings. The zero-order valence-electron chi connectivity index (χ0n) is 16.5. The summed E-state index contributed by atoms with van der Waals surface area (Å²) in [4.78, 5) is 4.54. The lowest BCUT2D eigenvalue weighted by Crippen LogP contribution is -2.28. The van der Waals surface area contributed by atoms with Gasteiger partial charge in [0.15, 0.2) is 11.5 Å². The molecule has 0 unspecified atom stereocenters. The van der Waals surface area contributed by atoms with E-state index >= 15 is 0 Å². The Morgan fingerprint density at radius 2 is 2.11 bits per heavy atom. The van der Waals surface area contributed by atoms with Gasteiger partial charge in [-0.1, -0.05) is 26.8 Å². The van der Waals surface area contributed by atoms with Crippen molar-refractivity contribution >= 4 is 5.82 Å². The van der Waals surface area contributed by atoms with Crippen molar-refractivity contribution in [2.45, 2.75) is 47.0 Å². The summed E-state index contributed by atoms with van der Waals surface area (Å²) in [6, 6.07) is 7.45. The standard InChI is InChI=1S/C22H27N3O2/c1-5-27-19-10-13(6-9-18(19)26)20-15-11-14(22(2,3)4)7-8-17(15)25-21(24)16(20)12-23/h6,9-10,14,26H,5,7-8,11H2,1-4H3,(H2,24,25)/t14-/m0/s1. The minimum Gasteiger partial charge on any atom is -0.504 e. The minimum atomic E-state index is 0.0857. The molecule has 0 saturated carbocycles. The largest absolute Gasteiger partial charge is 0.504 e. The van der Waals surface area contributed by atoms with Crippen LogP contribution < -0.4 is 10.5 Å². The number of nitrogens with two attached hydrogens (primary N) is 1. The summed E-state index contributed by atoms with van der Waals surface area (Å²) in [5.74, 6) is 1.27. The number of nitrogen functional groups attached to an aromatic ring is 1. The SMILES string of the molecule is CCOc1cc(-c2c(C#N)c(N)nc3c2C[C@@H](C(C)(C)C)CC3)ccc1O. The van der Waals surface area contributed by atoms with Crippen molar-refractivity contribution < 1.29 is 9.84 Å². The van der Waals surface area contributed by atoms with Crippen molar-refractivity contribution in [3.05, 3.63) is 35.0 Å². The van der Waals surface area contributed by atoms with Crippen LogP contribution in [0.5, 0.6) is 11.5 Å². The molecule has 0 amide bonds. The second kappa shape index (κ2) is 7.11. The molecule has 0 radical (unpaired) electrons. The summed E-state index contributed by atoms with van der Waals surface area (Å²) in [5.41, 5.74) is 10.4. The first-order valence-electron chi connectivity index (χ1n) is 9.43. The van der Waals surface area contributed by atoms with E-state index in [1.165, 1.54) is 0 Å². The van der Waals surface area contributed by atoms with Gasteiger partial charge in [-0.25, -0.2) is 4.98 Å². The third-order valence-electron chi connectivity index (χ3n) is 5.48. The molecule has 0 saturated heterocycles. The smallest absolute Gasteiger partial charge is 0.161 e. The summed E-state index contributed by atoms with van der Waals surface area (Å²) < 4.78 is 5.54. The molecule has 0 spiro atoms. The Balaban J connectivity index is 2.22. The van der Waals surface area contributed by atoms with Crippen LogP contribution in [-0.4, -0.2) is 16.7 Å². The number of fused-ring (bicyclic) bond motifs is 1. The van der Waals surface area contributed by atoms with Crippen LogP contribution in [0.3, 0.4) is 0 Å². The van der Waals surface area contributed by atoms with E-state index in [2.05, 4.69) is 31.8 Å². The molecule has 1 aromatic heterocycles. The van der Waals surface area contributed by atoms with Crippen LogP contribution in [0.2, 0.25) is 0 Å². The van der Waals surface area contributed by atoms with Crippen LogP contribution in [0.4, 0.5) is 5.82 Å². The Kier molecular flexibility index (Phi) is 5.01. The Hall–Kier alpha value is -2.74. The summed E-state index contributed by atoms with van der Waals surface area (Å²) in [5, 5.41) is 19.8. The second-order valence-corrected chi connectivity index (χ2v) is 8.21. The van der Waals surface area contributed by atoms with Crippen LogP contribution in [0, 0.1) is 22.7 Å². The predicted octanol–water partition coefficient (Wildman–Crippen LogP) is 4.46. The number of hydrogen-bond acceptors (Lipinski definition) is 5. The fourth-order valence-corrected chi connectivity index (χ4v) is 3.89. The molecule has 0 bridgehead atoms. The van der Waals surface area contributed by atoms with Gasteiger partial charge in [0.1, 0.15) is 17.5 Å². The number of aromatic hydroxyl groups is 1. The van der Waals surface area contributed by atoms with Crippen LogP contribution in [0.25, 0.3) is 11.1 Å². The maximum Gasteiger partial charge on any atom is 0.161 e. The van der Waals surface area contributed by atoms with Crippen LogP contribution >= 0.6 is 0 Å². The molecule has 27 heavy (non-hydrogen) atoms. The number of ether oxygens (including phenoxy) is 1. The lowest BCUT2D eigenvalue weighted by atomic mass is 9.70. The summed E-state index contributed by atoms with van der Waals surface area (Å²) in [6.07, 6.45) is 2.78. The van der Waals surface area contributed by atoms with Crippen molar-refractivity contribution in [3.63, 3.8) is 0 Å². The van der Waals surface area contributed by atoms with Gasteiger partial charge < -0.3 is 15.6 Å². The highest BCUT2D eigenvalue weighted by molar-refractivity contribution is 5.80. The normalized spacial score (nSPS) is 16.5. The topological polar surface area (TPSA) is 92.2 Å². The number of phenols is 1. The highest BCUT2D eigenvalue weighted by atomic mass is 16.5. The number of nitrogens with zero attached hydrogens (tertiary/aromatic N) is 2. The number of phenolic OH excluding ortho intramolecular Hbond substituents is 1. The van der Waals surface area contributed by atoms with E-state index in [1.807, 2.05) is 13.0 Å². The monoisotopic (exact) mass is 365 g/mol. The fraction of sp³-hybridized carbons (Fsp3) is 0.455. The van der Waals surface area contributed by atoms with Crippen LogP contribution in [-0.2, 0) is 12.8 Å². The Morgan fingerprint density at radius 1 is 1.37 bits per heavy atom. The van der Waals surface area contributed by atoms with Crippen LogP contribution in [0.1, 0.15) is 50.9 Å². The van der Waals surface area contributed by atoms with E-state index in [1.54, 1.807) is 12.1 Å². The van der Waals surface area contributed by atoms with Gasteiger partial charge in [-0.3, -0.25) is 0 Å². The van der Waals surface area contributed by atoms with E-state index in [4.69, 9.17) is 10.5 Å². The third-order valence-corrected chi connectivity index (χ3v) is 5.48. The first-order chi connectivity index (χ1) is 12.8. The van der Waals surface area contributed by atoms with Crippen LogP contribution in [0.15, 0.2) is 18.2 Å². The van der Waals surface area contributed by atoms with Crippen molar-refractivity contribution in [2.24, 2.45) is 11.3 Å². The van der Waals surface area contributed by atoms with Crippen molar-refractivity contribution in [3.8, 4) is 28.7 Å². The molecule has 2 aromatic rings. The maximum absolute atomic E-state index is 10.1. The average Bonchev–Trinajstić information content (AvgIpc) is 2.61. The van der Waals surface area contributed by atoms with E-state index in [0.29, 0.717) is 23.8 Å². The Bertz CT molecular complexity index is 907. The van der Waals surface area contributed by atoms with Gasteiger partial charge in [0.05, 0.1) is 6.61 Å². The lowest BCUT2D eigenvalue weighted by molar-refractivity contribution is 0.215. The fourth-order valence-electron chi connectivity index (χ4n) is 3.89. The number of anilines is 1.